The van der Waals surface area contributed by atoms with E-state index in [0.29, 0.717) is 18.2 Å². The van der Waals surface area contributed by atoms with Crippen LogP contribution >= 0.6 is 0 Å². The minimum absolute atomic E-state index is 0.487. The zero-order valence-electron chi connectivity index (χ0n) is 10.3. The molecule has 1 N–H and O–H groups in total. The summed E-state index contributed by atoms with van der Waals surface area (Å²) >= 11 is 0. The van der Waals surface area contributed by atoms with Crippen LogP contribution in [-0.4, -0.2) is 26.1 Å². The Kier molecular flexibility index (Phi) is 2.63. The van der Waals surface area contributed by atoms with Crippen LogP contribution in [0.3, 0.4) is 0 Å². The Bertz CT molecular complexity index is 622. The highest BCUT2D eigenvalue weighted by molar-refractivity contribution is 5.54. The first-order valence-electron chi connectivity index (χ1n) is 6.18. The molecule has 0 radical (unpaired) electrons. The summed E-state index contributed by atoms with van der Waals surface area (Å²) in [5.41, 5.74) is 2.37. The molecule has 5 nitrogen and oxygen atoms in total. The molecule has 2 heterocycles. The molecule has 0 aliphatic heterocycles. The second-order valence-electron chi connectivity index (χ2n) is 4.76. The summed E-state index contributed by atoms with van der Waals surface area (Å²) in [6.45, 7) is 2.74. The fourth-order valence-corrected chi connectivity index (χ4v) is 2.49. The van der Waals surface area contributed by atoms with Crippen LogP contribution in [0.1, 0.15) is 24.6 Å². The molecular weight excluding hydrogens is 226 g/mol. The second kappa shape index (κ2) is 4.30. The fraction of sp³-hybridized carbons (Fsp3) is 0.462. The van der Waals surface area contributed by atoms with Crippen molar-refractivity contribution in [2.45, 2.75) is 26.2 Å². The van der Waals surface area contributed by atoms with Crippen LogP contribution in [0.5, 0.6) is 0 Å². The first-order valence-corrected chi connectivity index (χ1v) is 6.18. The quantitative estimate of drug-likeness (QED) is 0.805. The number of rotatable bonds is 2. The van der Waals surface area contributed by atoms with Gasteiger partial charge in [-0.1, -0.05) is 12.8 Å². The van der Waals surface area contributed by atoms with E-state index in [1.165, 1.54) is 18.3 Å². The van der Waals surface area contributed by atoms with Crippen molar-refractivity contribution < 1.29 is 0 Å². The van der Waals surface area contributed by atoms with Crippen LogP contribution < -0.4 is 5.32 Å². The van der Waals surface area contributed by atoms with Crippen molar-refractivity contribution in [1.82, 2.24) is 19.6 Å². The Morgan fingerprint density at radius 2 is 2.50 bits per heavy atom. The molecule has 92 valence electrons. The molecule has 3 rings (SSSR count). The van der Waals surface area contributed by atoms with Gasteiger partial charge in [-0.25, -0.2) is 4.98 Å². The summed E-state index contributed by atoms with van der Waals surface area (Å²) in [4.78, 5) is 8.76. The molecule has 2 aromatic heterocycles. The lowest BCUT2D eigenvalue weighted by atomic mass is 9.88. The van der Waals surface area contributed by atoms with Gasteiger partial charge in [-0.2, -0.15) is 14.6 Å². The molecule has 1 atom stereocenters. The maximum absolute atomic E-state index is 5.32. The van der Waals surface area contributed by atoms with Crippen LogP contribution in [0.4, 0.5) is 5.82 Å². The van der Waals surface area contributed by atoms with Gasteiger partial charge < -0.3 is 5.32 Å². The lowest BCUT2D eigenvalue weighted by Crippen LogP contribution is -2.19. The molecule has 1 aliphatic rings. The van der Waals surface area contributed by atoms with Gasteiger partial charge in [0, 0.05) is 5.56 Å². The van der Waals surface area contributed by atoms with E-state index >= 15 is 0 Å². The van der Waals surface area contributed by atoms with Gasteiger partial charge in [0.05, 0.1) is 12.2 Å². The van der Waals surface area contributed by atoms with Crippen LogP contribution in [0.2, 0.25) is 0 Å². The highest BCUT2D eigenvalue weighted by Crippen LogP contribution is 2.29. The molecule has 5 heteroatoms. The van der Waals surface area contributed by atoms with E-state index in [9.17, 15) is 0 Å². The van der Waals surface area contributed by atoms with Crippen LogP contribution in [0.15, 0.2) is 6.33 Å². The van der Waals surface area contributed by atoms with Gasteiger partial charge in [-0.05, 0) is 25.2 Å². The predicted octanol–water partition coefficient (Wildman–Crippen LogP) is 1.29. The largest absolute Gasteiger partial charge is 0.359 e. The Hall–Kier alpha value is -2.09. The first kappa shape index (κ1) is 11.0. The molecule has 0 fully saturated rings. The van der Waals surface area contributed by atoms with E-state index in [0.717, 1.165) is 24.4 Å². The third kappa shape index (κ3) is 1.70. The zero-order chi connectivity index (χ0) is 12.5. The number of anilines is 1. The summed E-state index contributed by atoms with van der Waals surface area (Å²) in [7, 11) is 0. The van der Waals surface area contributed by atoms with E-state index in [2.05, 4.69) is 33.2 Å². The Balaban J connectivity index is 2.16. The van der Waals surface area contributed by atoms with Gasteiger partial charge in [0.1, 0.15) is 12.1 Å². The van der Waals surface area contributed by atoms with Gasteiger partial charge in [-0.3, -0.25) is 0 Å². The predicted molar refractivity (Wildman–Crippen MR) is 69.3 cm³/mol. The van der Waals surface area contributed by atoms with Gasteiger partial charge in [-0.15, -0.1) is 6.42 Å². The van der Waals surface area contributed by atoms with Gasteiger partial charge in [0.25, 0.3) is 5.78 Å². The van der Waals surface area contributed by atoms with E-state index in [4.69, 9.17) is 6.42 Å². The van der Waals surface area contributed by atoms with E-state index in [1.54, 1.807) is 4.52 Å². The average molecular weight is 241 g/mol. The number of terminal acetylenes is 1. The lowest BCUT2D eigenvalue weighted by Gasteiger charge is -2.23. The molecule has 2 aromatic rings. The monoisotopic (exact) mass is 241 g/mol. The van der Waals surface area contributed by atoms with Crippen LogP contribution in [-0.2, 0) is 12.8 Å². The minimum Gasteiger partial charge on any atom is -0.359 e. The third-order valence-electron chi connectivity index (χ3n) is 3.40. The van der Waals surface area contributed by atoms with Crippen molar-refractivity contribution in [3.05, 3.63) is 17.6 Å². The van der Waals surface area contributed by atoms with Crippen molar-refractivity contribution >= 4 is 11.6 Å². The van der Waals surface area contributed by atoms with Crippen molar-refractivity contribution in [2.75, 3.05) is 11.9 Å². The number of fused-ring (bicyclic) bond motifs is 2. The molecule has 0 saturated heterocycles. The van der Waals surface area contributed by atoms with E-state index < -0.39 is 0 Å². The third-order valence-corrected chi connectivity index (χ3v) is 3.40. The maximum Gasteiger partial charge on any atom is 0.254 e. The maximum atomic E-state index is 5.32. The summed E-state index contributed by atoms with van der Waals surface area (Å²) in [5.74, 6) is 4.87. The first-order chi connectivity index (χ1) is 8.79. The lowest BCUT2D eigenvalue weighted by molar-refractivity contribution is 0.491. The fourth-order valence-electron chi connectivity index (χ4n) is 2.49. The van der Waals surface area contributed by atoms with Crippen molar-refractivity contribution in [2.24, 2.45) is 5.92 Å². The Morgan fingerprint density at radius 1 is 1.61 bits per heavy atom. The van der Waals surface area contributed by atoms with Crippen molar-refractivity contribution in [1.29, 1.82) is 0 Å². The Labute approximate surface area is 106 Å². The normalized spacial score (nSPS) is 18.3. The van der Waals surface area contributed by atoms with Crippen LogP contribution in [0.25, 0.3) is 5.78 Å². The molecule has 0 spiro atoms. The van der Waals surface area contributed by atoms with Gasteiger partial charge in [0.15, 0.2) is 0 Å². The average Bonchev–Trinajstić information content (AvgIpc) is 2.82. The number of nitrogens with zero attached hydrogens (tertiary/aromatic N) is 4. The smallest absolute Gasteiger partial charge is 0.254 e. The topological polar surface area (TPSA) is 55.1 Å². The van der Waals surface area contributed by atoms with E-state index in [-0.39, 0.29) is 0 Å². The van der Waals surface area contributed by atoms with Crippen molar-refractivity contribution in [3.8, 4) is 12.3 Å². The standard InChI is InChI=1S/C13H15N5/c1-3-6-14-12-10-5-4-9(2)7-11(10)17-13-15-8-16-18(12)13/h1,8-9,14H,4-7H2,2H3/t9-/m1/s1. The number of hydrogen-bond acceptors (Lipinski definition) is 4. The van der Waals surface area contributed by atoms with Crippen molar-refractivity contribution in [3.63, 3.8) is 0 Å². The molecule has 1 aliphatic carbocycles. The molecule has 0 aromatic carbocycles. The number of aromatic nitrogens is 4. The molecule has 0 unspecified atom stereocenters. The summed E-state index contributed by atoms with van der Waals surface area (Å²) in [6.07, 6.45) is 10.1. The summed E-state index contributed by atoms with van der Waals surface area (Å²) in [5, 5.41) is 7.46. The van der Waals surface area contributed by atoms with E-state index in [1.807, 2.05) is 0 Å². The highest BCUT2D eigenvalue weighted by Gasteiger charge is 2.22. The SMILES string of the molecule is C#CCNc1c2c(nc3ncnn13)C[C@H](C)CC2. The number of hydrogen-bond donors (Lipinski definition) is 1. The zero-order valence-corrected chi connectivity index (χ0v) is 10.3. The minimum atomic E-state index is 0.487. The molecule has 0 saturated carbocycles. The molecule has 0 bridgehead atoms. The molecule has 18 heavy (non-hydrogen) atoms. The molecule has 0 amide bonds. The summed E-state index contributed by atoms with van der Waals surface area (Å²) in [6, 6.07) is 0. The van der Waals surface area contributed by atoms with Gasteiger partial charge in [0.2, 0.25) is 0 Å². The summed E-state index contributed by atoms with van der Waals surface area (Å²) < 4.78 is 1.74. The highest BCUT2D eigenvalue weighted by atomic mass is 15.4. The number of nitrogens with one attached hydrogen (secondary N) is 1. The van der Waals surface area contributed by atoms with Crippen LogP contribution in [0, 0.1) is 18.3 Å². The second-order valence-corrected chi connectivity index (χ2v) is 4.76. The van der Waals surface area contributed by atoms with Gasteiger partial charge >= 0.3 is 0 Å². The Morgan fingerprint density at radius 3 is 3.33 bits per heavy atom. The molecular formula is C13H15N5.